The zero-order chi connectivity index (χ0) is 16.2. The van der Waals surface area contributed by atoms with Crippen molar-refractivity contribution in [1.29, 1.82) is 0 Å². The summed E-state index contributed by atoms with van der Waals surface area (Å²) in [6, 6.07) is 3.79. The van der Waals surface area contributed by atoms with Crippen LogP contribution in [-0.2, 0) is 19.6 Å². The SMILES string of the molecule is COC(=O)CN(C(C)C)S(=O)(=O)c1ccc(Cl)cc1OC. The summed E-state index contributed by atoms with van der Waals surface area (Å²) in [5, 5.41) is 0.356. The lowest BCUT2D eigenvalue weighted by molar-refractivity contribution is -0.141. The molecule has 0 radical (unpaired) electrons. The Morgan fingerprint density at radius 3 is 2.43 bits per heavy atom. The summed E-state index contributed by atoms with van der Waals surface area (Å²) >= 11 is 5.83. The van der Waals surface area contributed by atoms with Gasteiger partial charge < -0.3 is 9.47 Å². The third kappa shape index (κ3) is 4.09. The van der Waals surface area contributed by atoms with Gasteiger partial charge in [0.15, 0.2) is 0 Å². The highest BCUT2D eigenvalue weighted by Crippen LogP contribution is 2.30. The molecule has 0 atom stereocenters. The minimum atomic E-state index is -3.92. The Labute approximate surface area is 129 Å². The number of hydrogen-bond acceptors (Lipinski definition) is 5. The van der Waals surface area contributed by atoms with E-state index in [-0.39, 0.29) is 17.2 Å². The number of hydrogen-bond donors (Lipinski definition) is 0. The monoisotopic (exact) mass is 335 g/mol. The van der Waals surface area contributed by atoms with Gasteiger partial charge in [-0.3, -0.25) is 4.79 Å². The number of sulfonamides is 1. The average molecular weight is 336 g/mol. The van der Waals surface area contributed by atoms with Gasteiger partial charge in [-0.1, -0.05) is 11.6 Å². The van der Waals surface area contributed by atoms with Crippen LogP contribution in [0.2, 0.25) is 5.02 Å². The molecule has 0 saturated carbocycles. The van der Waals surface area contributed by atoms with Gasteiger partial charge in [0.1, 0.15) is 17.2 Å². The van der Waals surface area contributed by atoms with Crippen LogP contribution in [0.15, 0.2) is 23.1 Å². The first kappa shape index (κ1) is 17.7. The van der Waals surface area contributed by atoms with E-state index in [0.717, 1.165) is 4.31 Å². The van der Waals surface area contributed by atoms with E-state index in [4.69, 9.17) is 16.3 Å². The third-order valence-electron chi connectivity index (χ3n) is 2.80. The van der Waals surface area contributed by atoms with Gasteiger partial charge in [0, 0.05) is 17.1 Å². The number of rotatable bonds is 6. The van der Waals surface area contributed by atoms with Crippen LogP contribution in [0.5, 0.6) is 5.75 Å². The number of nitrogens with zero attached hydrogens (tertiary/aromatic N) is 1. The lowest BCUT2D eigenvalue weighted by Crippen LogP contribution is -2.41. The molecule has 0 unspecified atom stereocenters. The van der Waals surface area contributed by atoms with Crippen LogP contribution in [0.25, 0.3) is 0 Å². The van der Waals surface area contributed by atoms with Gasteiger partial charge in [0.2, 0.25) is 10.0 Å². The first-order valence-electron chi connectivity index (χ1n) is 6.16. The molecule has 0 spiro atoms. The highest BCUT2D eigenvalue weighted by atomic mass is 35.5. The summed E-state index contributed by atoms with van der Waals surface area (Å²) in [4.78, 5) is 11.4. The van der Waals surface area contributed by atoms with Gasteiger partial charge in [-0.15, -0.1) is 0 Å². The van der Waals surface area contributed by atoms with Gasteiger partial charge in [0.05, 0.1) is 14.2 Å². The highest BCUT2D eigenvalue weighted by Gasteiger charge is 2.31. The molecule has 0 aliphatic carbocycles. The first-order valence-corrected chi connectivity index (χ1v) is 7.98. The van der Waals surface area contributed by atoms with Crippen molar-refractivity contribution in [3.8, 4) is 5.75 Å². The number of ether oxygens (including phenoxy) is 2. The fourth-order valence-electron chi connectivity index (χ4n) is 1.72. The largest absolute Gasteiger partial charge is 0.495 e. The van der Waals surface area contributed by atoms with Crippen LogP contribution in [-0.4, -0.2) is 45.5 Å². The van der Waals surface area contributed by atoms with E-state index in [2.05, 4.69) is 4.74 Å². The number of carbonyl (C=O) groups excluding carboxylic acids is 1. The second-order valence-electron chi connectivity index (χ2n) is 4.52. The molecule has 118 valence electrons. The quantitative estimate of drug-likeness (QED) is 0.743. The Bertz CT molecular complexity index is 615. The molecule has 0 amide bonds. The third-order valence-corrected chi connectivity index (χ3v) is 5.10. The van der Waals surface area contributed by atoms with Gasteiger partial charge in [-0.05, 0) is 26.0 Å². The Kier molecular flexibility index (Phi) is 6.00. The number of halogens is 1. The van der Waals surface area contributed by atoms with Crippen molar-refractivity contribution in [3.63, 3.8) is 0 Å². The van der Waals surface area contributed by atoms with E-state index >= 15 is 0 Å². The lowest BCUT2D eigenvalue weighted by atomic mass is 10.3. The molecule has 1 aromatic carbocycles. The Balaban J connectivity index is 3.32. The van der Waals surface area contributed by atoms with Crippen molar-refractivity contribution >= 4 is 27.6 Å². The van der Waals surface area contributed by atoms with Crippen LogP contribution < -0.4 is 4.74 Å². The van der Waals surface area contributed by atoms with E-state index in [1.807, 2.05) is 0 Å². The van der Waals surface area contributed by atoms with Crippen LogP contribution in [0, 0.1) is 0 Å². The summed E-state index contributed by atoms with van der Waals surface area (Å²) in [5.41, 5.74) is 0. The predicted molar refractivity (Wildman–Crippen MR) is 79.0 cm³/mol. The number of methoxy groups -OCH3 is 2. The fourth-order valence-corrected chi connectivity index (χ4v) is 3.60. The molecular formula is C13H18ClNO5S. The molecule has 8 heteroatoms. The minimum Gasteiger partial charge on any atom is -0.495 e. The van der Waals surface area contributed by atoms with Crippen molar-refractivity contribution in [3.05, 3.63) is 23.2 Å². The van der Waals surface area contributed by atoms with E-state index in [1.54, 1.807) is 13.8 Å². The Hall–Kier alpha value is -1.31. The first-order chi connectivity index (χ1) is 9.73. The van der Waals surface area contributed by atoms with Crippen LogP contribution in [0.4, 0.5) is 0 Å². The molecule has 1 rings (SSSR count). The molecule has 21 heavy (non-hydrogen) atoms. The molecule has 0 aliphatic rings. The topological polar surface area (TPSA) is 72.9 Å². The molecule has 0 heterocycles. The van der Waals surface area contributed by atoms with Crippen molar-refractivity contribution in [2.24, 2.45) is 0 Å². The summed E-state index contributed by atoms with van der Waals surface area (Å²) in [6.45, 7) is 2.97. The second-order valence-corrected chi connectivity index (χ2v) is 6.81. The Morgan fingerprint density at radius 1 is 1.33 bits per heavy atom. The van der Waals surface area contributed by atoms with Gasteiger partial charge in [-0.25, -0.2) is 8.42 Å². The maximum atomic E-state index is 12.7. The molecule has 0 N–H and O–H groups in total. The second kappa shape index (κ2) is 7.11. The number of carbonyl (C=O) groups is 1. The highest BCUT2D eigenvalue weighted by molar-refractivity contribution is 7.89. The van der Waals surface area contributed by atoms with Crippen LogP contribution in [0.3, 0.4) is 0 Å². The van der Waals surface area contributed by atoms with Crippen molar-refractivity contribution in [2.75, 3.05) is 20.8 Å². The van der Waals surface area contributed by atoms with Crippen molar-refractivity contribution in [1.82, 2.24) is 4.31 Å². The number of benzene rings is 1. The minimum absolute atomic E-state index is 0.0491. The van der Waals surface area contributed by atoms with E-state index < -0.39 is 22.0 Å². The maximum Gasteiger partial charge on any atom is 0.321 e. The molecule has 6 nitrogen and oxygen atoms in total. The molecule has 0 saturated heterocycles. The standard InChI is InChI=1S/C13H18ClNO5S/c1-9(2)15(8-13(16)20-4)21(17,18)12-6-5-10(14)7-11(12)19-3/h5-7,9H,8H2,1-4H3. The Morgan fingerprint density at radius 2 is 1.95 bits per heavy atom. The molecule has 0 fully saturated rings. The average Bonchev–Trinajstić information content (AvgIpc) is 2.43. The smallest absolute Gasteiger partial charge is 0.321 e. The van der Waals surface area contributed by atoms with Crippen molar-refractivity contribution in [2.45, 2.75) is 24.8 Å². The van der Waals surface area contributed by atoms with Crippen molar-refractivity contribution < 1.29 is 22.7 Å². The zero-order valence-electron chi connectivity index (χ0n) is 12.3. The normalized spacial score (nSPS) is 11.8. The van der Waals surface area contributed by atoms with E-state index in [1.165, 1.54) is 32.4 Å². The van der Waals surface area contributed by atoms with Crippen LogP contribution in [0.1, 0.15) is 13.8 Å². The van der Waals surface area contributed by atoms with Gasteiger partial charge >= 0.3 is 5.97 Å². The number of esters is 1. The molecule has 1 aromatic rings. The summed E-state index contributed by atoms with van der Waals surface area (Å²) in [6.07, 6.45) is 0. The molecule has 0 aliphatic heterocycles. The molecule has 0 aromatic heterocycles. The summed E-state index contributed by atoms with van der Waals surface area (Å²) in [5.74, 6) is -0.516. The lowest BCUT2D eigenvalue weighted by Gasteiger charge is -2.25. The van der Waals surface area contributed by atoms with E-state index in [9.17, 15) is 13.2 Å². The van der Waals surface area contributed by atoms with Gasteiger partial charge in [-0.2, -0.15) is 4.31 Å². The predicted octanol–water partition coefficient (Wildman–Crippen LogP) is 1.92. The summed E-state index contributed by atoms with van der Waals surface area (Å²) < 4.78 is 36.1. The molecular weight excluding hydrogens is 318 g/mol. The maximum absolute atomic E-state index is 12.7. The van der Waals surface area contributed by atoms with E-state index in [0.29, 0.717) is 5.02 Å². The van der Waals surface area contributed by atoms with Gasteiger partial charge in [0.25, 0.3) is 0 Å². The fraction of sp³-hybridized carbons (Fsp3) is 0.462. The van der Waals surface area contributed by atoms with Crippen LogP contribution >= 0.6 is 11.6 Å². The molecule has 0 bridgehead atoms. The summed E-state index contributed by atoms with van der Waals surface area (Å²) in [7, 11) is -1.36. The zero-order valence-corrected chi connectivity index (χ0v) is 13.9.